The number of thiazole rings is 3. The Morgan fingerprint density at radius 1 is 0.369 bits per heavy atom. The standard InChI is InChI=1S/C28H25N3O6S2.C27H23N3O5S2.C26H21N3O4S2/c1-4-39(33,34)22-12-7-19(8-13-22)26(37-21-10-5-18(16-29)6-11-21)27(32)31-28-30-23(17-38-28)20-9-14-24(35-2)25(15-20)36-3;1-3-37(32,33)23-13-9-19(10-14-23)25(35-21-11-7-18(16-28)8-12-21)26(31)30-27-29-24(17-36-27)20-5-4-6-22(15-20)34-2;1-2-35(31,32)22-14-10-20(11-15-22)24(33-21-12-8-18(16-27)9-13-21)25(30)29-26-28-23(17-34-26)19-6-4-3-5-7-19/h5-15,17,26H,4H2,1-3H3,(H,30,31,32);4-15,17,25H,3H2,1-2H3,(H,29,30,31);3-15,17,24H,2H2,1H3,(H,28,29,30). The molecule has 0 radical (unpaired) electrons. The fraction of sp³-hybridized carbons (Fsp3) is 0.148. The van der Waals surface area contributed by atoms with Crippen LogP contribution in [-0.4, -0.2) is 96.5 Å². The van der Waals surface area contributed by atoms with E-state index in [1.807, 2.05) is 89.6 Å². The average molecular weight is 1600 g/mol. The Bertz CT molecular complexity index is 5730. The molecular weight excluding hydrogens is 1530 g/mol. The van der Waals surface area contributed by atoms with E-state index in [4.69, 9.17) is 44.2 Å². The highest BCUT2D eigenvalue weighted by Gasteiger charge is 2.29. The first-order valence-electron chi connectivity index (χ1n) is 33.7. The van der Waals surface area contributed by atoms with Gasteiger partial charge in [-0.2, -0.15) is 15.8 Å². The van der Waals surface area contributed by atoms with Crippen LogP contribution in [0.15, 0.2) is 249 Å². The molecule has 9 aromatic carbocycles. The third kappa shape index (κ3) is 21.2. The number of nitrogens with one attached hydrogen (secondary N) is 3. The number of nitriles is 3. The lowest BCUT2D eigenvalue weighted by Gasteiger charge is -2.19. The highest BCUT2D eigenvalue weighted by molar-refractivity contribution is 7.92. The van der Waals surface area contributed by atoms with Crippen molar-refractivity contribution in [3.63, 3.8) is 0 Å². The minimum absolute atomic E-state index is 0.0220. The zero-order chi connectivity index (χ0) is 79.2. The predicted molar refractivity (Wildman–Crippen MR) is 424 cm³/mol. The van der Waals surface area contributed by atoms with Gasteiger partial charge in [-0.25, -0.2) is 40.2 Å². The van der Waals surface area contributed by atoms with Crippen molar-refractivity contribution in [1.29, 1.82) is 15.8 Å². The molecule has 3 heterocycles. The fourth-order valence-electron chi connectivity index (χ4n) is 10.4. The van der Waals surface area contributed by atoms with Gasteiger partial charge >= 0.3 is 0 Å². The summed E-state index contributed by atoms with van der Waals surface area (Å²) < 4.78 is 107. The van der Waals surface area contributed by atoms with Gasteiger partial charge in [0, 0.05) is 49.5 Å². The summed E-state index contributed by atoms with van der Waals surface area (Å²) in [5.41, 5.74) is 7.35. The van der Waals surface area contributed by atoms with Gasteiger partial charge in [0.1, 0.15) is 23.0 Å². The molecule has 30 heteroatoms. The molecule has 0 saturated carbocycles. The number of methoxy groups -OCH3 is 3. The highest BCUT2D eigenvalue weighted by atomic mass is 32.2. The van der Waals surface area contributed by atoms with Gasteiger partial charge in [-0.05, 0) is 140 Å². The van der Waals surface area contributed by atoms with Crippen LogP contribution in [-0.2, 0) is 43.9 Å². The topological polar surface area (TPSA) is 355 Å². The van der Waals surface area contributed by atoms with E-state index in [0.29, 0.717) is 94.7 Å². The first-order valence-corrected chi connectivity index (χ1v) is 41.3. The monoisotopic (exact) mass is 1600 g/mol. The summed E-state index contributed by atoms with van der Waals surface area (Å²) in [7, 11) is -5.49. The summed E-state index contributed by atoms with van der Waals surface area (Å²) in [6, 6.07) is 65.8. The van der Waals surface area contributed by atoms with Crippen LogP contribution in [0, 0.1) is 34.0 Å². The van der Waals surface area contributed by atoms with Gasteiger partial charge in [0.05, 0.1) is 105 Å². The Morgan fingerprint density at radius 3 is 1.01 bits per heavy atom. The molecule has 3 unspecified atom stereocenters. The fourth-order valence-corrected chi connectivity index (χ4v) is 15.2. The second kappa shape index (κ2) is 37.5. The number of carbonyl (C=O) groups excluding carboxylic acids is 3. The molecular formula is C81H69N9O15S6. The molecule has 24 nitrogen and oxygen atoms in total. The van der Waals surface area contributed by atoms with Gasteiger partial charge in [0.15, 0.2) is 56.4 Å². The predicted octanol–water partition coefficient (Wildman–Crippen LogP) is 15.7. The van der Waals surface area contributed by atoms with Gasteiger partial charge < -0.3 is 28.4 Å². The molecule has 3 N–H and O–H groups in total. The van der Waals surface area contributed by atoms with Gasteiger partial charge in [-0.15, -0.1) is 34.0 Å². The summed E-state index contributed by atoms with van der Waals surface area (Å²) in [5.74, 6) is 1.43. The van der Waals surface area contributed by atoms with Crippen LogP contribution < -0.4 is 44.4 Å². The van der Waals surface area contributed by atoms with Crippen LogP contribution in [0.2, 0.25) is 0 Å². The molecule has 0 bridgehead atoms. The number of hydrogen-bond acceptors (Lipinski definition) is 24. The van der Waals surface area contributed by atoms with Crippen LogP contribution in [0.5, 0.6) is 34.5 Å². The van der Waals surface area contributed by atoms with Crippen LogP contribution in [0.3, 0.4) is 0 Å². The second-order valence-electron chi connectivity index (χ2n) is 23.6. The summed E-state index contributed by atoms with van der Waals surface area (Å²) in [5, 5.41) is 42.2. The maximum atomic E-state index is 13.4. The minimum Gasteiger partial charge on any atom is -0.497 e. The third-order valence-corrected chi connectivity index (χ3v) is 24.0. The van der Waals surface area contributed by atoms with Gasteiger partial charge in [-0.3, -0.25) is 30.3 Å². The molecule has 0 fully saturated rings. The quantitative estimate of drug-likeness (QED) is 0.0430. The van der Waals surface area contributed by atoms with Crippen LogP contribution in [0.25, 0.3) is 33.8 Å². The molecule has 12 rings (SSSR count). The Hall–Kier alpha value is -12.6. The van der Waals surface area contributed by atoms with Crippen LogP contribution >= 0.6 is 34.0 Å². The van der Waals surface area contributed by atoms with Gasteiger partial charge in [-0.1, -0.05) is 99.6 Å². The number of rotatable bonds is 27. The zero-order valence-corrected chi connectivity index (χ0v) is 65.0. The van der Waals surface area contributed by atoms with Crippen molar-refractivity contribution in [3.05, 3.63) is 268 Å². The van der Waals surface area contributed by atoms with Gasteiger partial charge in [0.25, 0.3) is 17.7 Å². The number of nitrogens with zero attached hydrogens (tertiary/aromatic N) is 6. The molecule has 3 amide bonds. The summed E-state index contributed by atoms with van der Waals surface area (Å²) in [6.07, 6.45) is -3.30. The smallest absolute Gasteiger partial charge is 0.271 e. The third-order valence-electron chi connectivity index (χ3n) is 16.5. The van der Waals surface area contributed by atoms with Crippen molar-refractivity contribution < 1.29 is 68.1 Å². The first kappa shape index (κ1) is 80.9. The molecule has 12 aromatic rings. The van der Waals surface area contributed by atoms with Crippen molar-refractivity contribution in [3.8, 4) is 86.5 Å². The van der Waals surface area contributed by atoms with E-state index in [1.54, 1.807) is 169 Å². The number of anilines is 3. The Kier molecular flexibility index (Phi) is 27.3. The lowest BCUT2D eigenvalue weighted by molar-refractivity contribution is -0.123. The highest BCUT2D eigenvalue weighted by Crippen LogP contribution is 2.37. The molecule has 0 aliphatic rings. The van der Waals surface area contributed by atoms with E-state index in [9.17, 15) is 39.6 Å². The van der Waals surface area contributed by atoms with E-state index in [-0.39, 0.29) is 31.9 Å². The van der Waals surface area contributed by atoms with E-state index in [0.717, 1.165) is 22.4 Å². The van der Waals surface area contributed by atoms with Gasteiger partial charge in [0.2, 0.25) is 18.3 Å². The van der Waals surface area contributed by atoms with Crippen molar-refractivity contribution in [1.82, 2.24) is 15.0 Å². The normalized spacial score (nSPS) is 11.8. The second-order valence-corrected chi connectivity index (χ2v) is 33.0. The molecule has 3 atom stereocenters. The maximum absolute atomic E-state index is 13.4. The molecule has 0 aliphatic carbocycles. The number of carbonyl (C=O) groups is 3. The molecule has 0 spiro atoms. The SMILES string of the molecule is CCS(=O)(=O)c1ccc(C(Oc2ccc(C#N)cc2)C(=O)Nc2nc(-c3ccc(OC)c(OC)c3)cs2)cc1.CCS(=O)(=O)c1ccc(C(Oc2ccc(C#N)cc2)C(=O)Nc2nc(-c3cccc(OC)c3)cs2)cc1.CCS(=O)(=O)c1ccc(C(Oc2ccc(C#N)cc2)C(=O)Nc2nc(-c3ccccc3)cs2)cc1. The van der Waals surface area contributed by atoms with Crippen LogP contribution in [0.1, 0.15) is 72.5 Å². The first-order chi connectivity index (χ1) is 53.5. The number of aromatic nitrogens is 3. The van der Waals surface area contributed by atoms with E-state index < -0.39 is 65.5 Å². The van der Waals surface area contributed by atoms with Crippen molar-refractivity contribution in [2.45, 2.75) is 53.8 Å². The number of amides is 3. The number of benzene rings is 9. The zero-order valence-electron chi connectivity index (χ0n) is 60.1. The van der Waals surface area contributed by atoms with Crippen molar-refractivity contribution in [2.75, 3.05) is 54.5 Å². The number of hydrogen-bond donors (Lipinski definition) is 3. The van der Waals surface area contributed by atoms with Crippen molar-refractivity contribution >= 4 is 96.6 Å². The molecule has 0 saturated heterocycles. The molecule has 3 aromatic heterocycles. The minimum atomic E-state index is -3.41. The summed E-state index contributed by atoms with van der Waals surface area (Å²) >= 11 is 3.80. The van der Waals surface area contributed by atoms with E-state index in [2.05, 4.69) is 30.9 Å². The Labute approximate surface area is 653 Å². The Morgan fingerprint density at radius 2 is 0.694 bits per heavy atom. The lowest BCUT2D eigenvalue weighted by Crippen LogP contribution is -2.25. The van der Waals surface area contributed by atoms with E-state index in [1.165, 1.54) is 70.4 Å². The van der Waals surface area contributed by atoms with Crippen molar-refractivity contribution in [2.24, 2.45) is 0 Å². The molecule has 0 aliphatic heterocycles. The molecule has 564 valence electrons. The molecule has 111 heavy (non-hydrogen) atoms. The average Bonchev–Trinajstić information content (AvgIpc) is 1.68. The number of ether oxygens (including phenoxy) is 6. The largest absolute Gasteiger partial charge is 0.497 e. The summed E-state index contributed by atoms with van der Waals surface area (Å²) in [6.45, 7) is 4.71. The summed E-state index contributed by atoms with van der Waals surface area (Å²) in [4.78, 5) is 54.1. The number of sulfone groups is 3. The maximum Gasteiger partial charge on any atom is 0.271 e. The van der Waals surface area contributed by atoms with Crippen LogP contribution in [0.4, 0.5) is 15.4 Å². The van der Waals surface area contributed by atoms with E-state index >= 15 is 0 Å². The lowest BCUT2D eigenvalue weighted by atomic mass is 10.1. The Balaban J connectivity index is 0.000000177.